The highest BCUT2D eigenvalue weighted by Crippen LogP contribution is 2.34. The fraction of sp³-hybridized carbons (Fsp3) is 0.278. The topological polar surface area (TPSA) is 72.9 Å². The first-order valence-corrected chi connectivity index (χ1v) is 9.62. The van der Waals surface area contributed by atoms with Crippen LogP contribution in [0, 0.1) is 6.92 Å². The fourth-order valence-corrected chi connectivity index (χ4v) is 3.49. The molecule has 0 aliphatic rings. The van der Waals surface area contributed by atoms with E-state index in [0.29, 0.717) is 16.7 Å². The van der Waals surface area contributed by atoms with Crippen molar-refractivity contribution in [3.63, 3.8) is 0 Å². The van der Waals surface area contributed by atoms with Gasteiger partial charge in [0.05, 0.1) is 33.4 Å². The number of hydrogen-bond donors (Lipinski definition) is 1. The maximum Gasteiger partial charge on any atom is 0.416 e. The molecule has 1 amide bonds. The third-order valence-electron chi connectivity index (χ3n) is 4.14. The lowest BCUT2D eigenvalue weighted by molar-refractivity contribution is -0.137. The van der Waals surface area contributed by atoms with Crippen LogP contribution in [0.3, 0.4) is 0 Å². The monoisotopic (exact) mass is 444 g/mol. The molecule has 29 heavy (non-hydrogen) atoms. The summed E-state index contributed by atoms with van der Waals surface area (Å²) in [6.07, 6.45) is -2.99. The zero-order chi connectivity index (χ0) is 21.3. The molecule has 6 nitrogen and oxygen atoms in total. The number of nitrogens with one attached hydrogen (secondary N) is 1. The number of rotatable bonds is 5. The average Bonchev–Trinajstić information content (AvgIpc) is 3.21. The molecule has 11 heteroatoms. The van der Waals surface area contributed by atoms with Gasteiger partial charge < -0.3 is 14.3 Å². The first-order valence-electron chi connectivity index (χ1n) is 8.36. The van der Waals surface area contributed by atoms with Gasteiger partial charge in [0.2, 0.25) is 5.91 Å². The van der Waals surface area contributed by atoms with Gasteiger partial charge in [0.15, 0.2) is 11.0 Å². The maximum atomic E-state index is 12.9. The summed E-state index contributed by atoms with van der Waals surface area (Å²) in [7, 11) is 1.75. The number of hydrogen-bond acceptors (Lipinski definition) is 5. The van der Waals surface area contributed by atoms with Gasteiger partial charge in [-0.15, -0.1) is 10.2 Å². The van der Waals surface area contributed by atoms with E-state index in [-0.39, 0.29) is 10.7 Å². The van der Waals surface area contributed by atoms with Crippen molar-refractivity contribution in [2.45, 2.75) is 30.4 Å². The first kappa shape index (κ1) is 21.3. The predicted molar refractivity (Wildman–Crippen MR) is 104 cm³/mol. The molecule has 1 aromatic carbocycles. The molecule has 0 radical (unpaired) electrons. The third kappa shape index (κ3) is 4.59. The zero-order valence-electron chi connectivity index (χ0n) is 15.5. The standard InChI is InChI=1S/C18H16ClF3N4O2S/c1-9-12(6-7-28-9)15-24-25-17(26(15)3)29-10(2)16(27)23-14-8-11(18(20,21)22)4-5-13(14)19/h4-8,10H,1-3H3,(H,23,27)/t10-/m1/s1. The molecule has 2 heterocycles. The van der Waals surface area contributed by atoms with E-state index in [1.54, 1.807) is 37.8 Å². The summed E-state index contributed by atoms with van der Waals surface area (Å²) in [5, 5.41) is 10.5. The van der Waals surface area contributed by atoms with Crippen LogP contribution in [0.5, 0.6) is 0 Å². The Labute approximate surface area is 173 Å². The highest BCUT2D eigenvalue weighted by molar-refractivity contribution is 8.00. The van der Waals surface area contributed by atoms with Gasteiger partial charge in [-0.1, -0.05) is 23.4 Å². The molecular weight excluding hydrogens is 429 g/mol. The number of aryl methyl sites for hydroxylation is 1. The Morgan fingerprint density at radius 1 is 1.31 bits per heavy atom. The van der Waals surface area contributed by atoms with Crippen LogP contribution in [0.4, 0.5) is 18.9 Å². The van der Waals surface area contributed by atoms with Crippen LogP contribution in [-0.2, 0) is 18.0 Å². The van der Waals surface area contributed by atoms with Crippen molar-refractivity contribution in [2.24, 2.45) is 7.05 Å². The van der Waals surface area contributed by atoms with Crippen LogP contribution in [0.15, 0.2) is 40.1 Å². The van der Waals surface area contributed by atoms with Crippen LogP contribution >= 0.6 is 23.4 Å². The van der Waals surface area contributed by atoms with Crippen molar-refractivity contribution in [1.29, 1.82) is 0 Å². The molecule has 2 aromatic heterocycles. The second-order valence-electron chi connectivity index (χ2n) is 6.20. The van der Waals surface area contributed by atoms with Gasteiger partial charge in [0.25, 0.3) is 0 Å². The minimum absolute atomic E-state index is 0.0138. The van der Waals surface area contributed by atoms with E-state index in [0.717, 1.165) is 35.5 Å². The van der Waals surface area contributed by atoms with Crippen molar-refractivity contribution in [1.82, 2.24) is 14.8 Å². The molecule has 154 valence electrons. The number of benzene rings is 1. The van der Waals surface area contributed by atoms with Crippen LogP contribution in [0.25, 0.3) is 11.4 Å². The highest BCUT2D eigenvalue weighted by Gasteiger charge is 2.31. The Morgan fingerprint density at radius 3 is 2.66 bits per heavy atom. The van der Waals surface area contributed by atoms with E-state index in [4.69, 9.17) is 16.0 Å². The van der Waals surface area contributed by atoms with Gasteiger partial charge in [-0.25, -0.2) is 0 Å². The number of nitrogens with zero attached hydrogens (tertiary/aromatic N) is 3. The summed E-state index contributed by atoms with van der Waals surface area (Å²) in [6, 6.07) is 4.52. The molecule has 0 bridgehead atoms. The van der Waals surface area contributed by atoms with Crippen molar-refractivity contribution >= 4 is 35.0 Å². The van der Waals surface area contributed by atoms with Crippen molar-refractivity contribution in [3.05, 3.63) is 46.9 Å². The molecule has 3 rings (SSSR count). The number of amides is 1. The Hall–Kier alpha value is -2.46. The smallest absolute Gasteiger partial charge is 0.416 e. The normalized spacial score (nSPS) is 12.8. The second kappa shape index (κ2) is 8.11. The summed E-state index contributed by atoms with van der Waals surface area (Å²) in [4.78, 5) is 12.5. The molecule has 0 saturated carbocycles. The van der Waals surface area contributed by atoms with Crippen LogP contribution in [0.1, 0.15) is 18.2 Å². The van der Waals surface area contributed by atoms with E-state index in [9.17, 15) is 18.0 Å². The van der Waals surface area contributed by atoms with Gasteiger partial charge in [0, 0.05) is 7.05 Å². The molecule has 0 spiro atoms. The summed E-state index contributed by atoms with van der Waals surface area (Å²) >= 11 is 7.05. The molecule has 0 unspecified atom stereocenters. The quantitative estimate of drug-likeness (QED) is 0.549. The van der Waals surface area contributed by atoms with E-state index >= 15 is 0 Å². The van der Waals surface area contributed by atoms with E-state index in [2.05, 4.69) is 15.5 Å². The summed E-state index contributed by atoms with van der Waals surface area (Å²) in [5.74, 6) is 0.745. The molecule has 0 aliphatic carbocycles. The van der Waals surface area contributed by atoms with Crippen LogP contribution in [-0.4, -0.2) is 25.9 Å². The lowest BCUT2D eigenvalue weighted by Crippen LogP contribution is -2.23. The molecule has 1 N–H and O–H groups in total. The SMILES string of the molecule is Cc1occc1-c1nnc(S[C@H](C)C(=O)Nc2cc(C(F)(F)F)ccc2Cl)n1C. The molecular formula is C18H16ClF3N4O2S. The zero-order valence-corrected chi connectivity index (χ0v) is 17.1. The highest BCUT2D eigenvalue weighted by atomic mass is 35.5. The van der Waals surface area contributed by atoms with Crippen LogP contribution in [0.2, 0.25) is 5.02 Å². The van der Waals surface area contributed by atoms with E-state index in [1.807, 2.05) is 0 Å². The number of furan rings is 1. The maximum absolute atomic E-state index is 12.9. The van der Waals surface area contributed by atoms with Gasteiger partial charge >= 0.3 is 6.18 Å². The number of thioether (sulfide) groups is 1. The number of carbonyl (C=O) groups is 1. The summed E-state index contributed by atoms with van der Waals surface area (Å²) in [6.45, 7) is 3.41. The molecule has 1 atom stereocenters. The van der Waals surface area contributed by atoms with Crippen LogP contribution < -0.4 is 5.32 Å². The molecule has 0 aliphatic heterocycles. The van der Waals surface area contributed by atoms with Crippen molar-refractivity contribution in [2.75, 3.05) is 5.32 Å². The summed E-state index contributed by atoms with van der Waals surface area (Å²) < 4.78 is 45.7. The van der Waals surface area contributed by atoms with E-state index < -0.39 is 22.9 Å². The second-order valence-corrected chi connectivity index (χ2v) is 7.91. The first-order chi connectivity index (χ1) is 13.6. The van der Waals surface area contributed by atoms with Gasteiger partial charge in [-0.05, 0) is 38.1 Å². The summed E-state index contributed by atoms with van der Waals surface area (Å²) in [5.41, 5.74) is -0.225. The number of halogens is 4. The Bertz CT molecular complexity index is 1050. The largest absolute Gasteiger partial charge is 0.469 e. The van der Waals surface area contributed by atoms with Crippen molar-refractivity contribution < 1.29 is 22.4 Å². The van der Waals surface area contributed by atoms with Gasteiger partial charge in [-0.3, -0.25) is 4.79 Å². The van der Waals surface area contributed by atoms with Crippen molar-refractivity contribution in [3.8, 4) is 11.4 Å². The third-order valence-corrected chi connectivity index (χ3v) is 5.60. The number of carbonyl (C=O) groups excluding carboxylic acids is 1. The Kier molecular flexibility index (Phi) is 5.95. The minimum atomic E-state index is -4.54. The molecule has 0 saturated heterocycles. The fourth-order valence-electron chi connectivity index (χ4n) is 2.51. The van der Waals surface area contributed by atoms with Gasteiger partial charge in [0.1, 0.15) is 5.76 Å². The lowest BCUT2D eigenvalue weighted by atomic mass is 10.2. The average molecular weight is 445 g/mol. The number of aromatic nitrogens is 3. The molecule has 0 fully saturated rings. The number of anilines is 1. The lowest BCUT2D eigenvalue weighted by Gasteiger charge is -2.14. The molecule has 3 aromatic rings. The van der Waals surface area contributed by atoms with Gasteiger partial charge in [-0.2, -0.15) is 13.2 Å². The predicted octanol–water partition coefficient (Wildman–Crippen LogP) is 5.18. The minimum Gasteiger partial charge on any atom is -0.469 e. The Morgan fingerprint density at radius 2 is 2.03 bits per heavy atom. The van der Waals surface area contributed by atoms with E-state index in [1.165, 1.54) is 0 Å². The Balaban J connectivity index is 1.74. The number of alkyl halides is 3.